The van der Waals surface area contributed by atoms with E-state index in [2.05, 4.69) is 10.3 Å². The van der Waals surface area contributed by atoms with Gasteiger partial charge in [0.1, 0.15) is 11.5 Å². The number of hydrogen-bond donors (Lipinski definition) is 2. The molecule has 2 N–H and O–H groups in total. The van der Waals surface area contributed by atoms with Gasteiger partial charge in [0.2, 0.25) is 11.7 Å². The van der Waals surface area contributed by atoms with E-state index in [0.717, 1.165) is 0 Å². The van der Waals surface area contributed by atoms with Gasteiger partial charge in [-0.3, -0.25) is 4.79 Å². The first-order valence-electron chi connectivity index (χ1n) is 10.2. The van der Waals surface area contributed by atoms with E-state index < -0.39 is 11.5 Å². The maximum atomic E-state index is 12.8. The molecule has 0 aliphatic carbocycles. The summed E-state index contributed by atoms with van der Waals surface area (Å²) < 4.78 is 23.4. The summed E-state index contributed by atoms with van der Waals surface area (Å²) in [6.45, 7) is 2.45. The van der Waals surface area contributed by atoms with Crippen LogP contribution < -0.4 is 25.2 Å². The first-order chi connectivity index (χ1) is 15.9. The molecule has 0 spiro atoms. The van der Waals surface area contributed by atoms with E-state index in [4.69, 9.17) is 18.6 Å². The molecular formula is C23H27N3O7. The second-order valence-electron chi connectivity index (χ2n) is 7.27. The lowest BCUT2D eigenvalue weighted by Gasteiger charge is -2.22. The molecule has 0 aliphatic heterocycles. The van der Waals surface area contributed by atoms with Crippen LogP contribution in [0.3, 0.4) is 0 Å². The van der Waals surface area contributed by atoms with E-state index in [1.54, 1.807) is 37.8 Å². The third-order valence-corrected chi connectivity index (χ3v) is 5.19. The van der Waals surface area contributed by atoms with Gasteiger partial charge >= 0.3 is 5.63 Å². The molecule has 10 nitrogen and oxygen atoms in total. The molecular weight excluding hydrogens is 430 g/mol. The molecule has 176 valence electrons. The van der Waals surface area contributed by atoms with Gasteiger partial charge in [0.15, 0.2) is 11.5 Å². The number of aryl methyl sites for hydroxylation is 1. The van der Waals surface area contributed by atoms with Gasteiger partial charge in [0.25, 0.3) is 0 Å². The quantitative estimate of drug-likeness (QED) is 0.475. The minimum absolute atomic E-state index is 0.0455. The van der Waals surface area contributed by atoms with Crippen molar-refractivity contribution in [3.05, 3.63) is 64.2 Å². The molecule has 33 heavy (non-hydrogen) atoms. The fraction of sp³-hybridized carbons (Fsp3) is 0.348. The van der Waals surface area contributed by atoms with Crippen molar-refractivity contribution in [2.24, 2.45) is 0 Å². The van der Waals surface area contributed by atoms with E-state index in [0.29, 0.717) is 30.2 Å². The number of carbonyl (C=O) groups is 1. The number of nitrogens with one attached hydrogen (secondary N) is 1. The van der Waals surface area contributed by atoms with Crippen LogP contribution in [0.2, 0.25) is 0 Å². The number of ether oxygens (including phenoxy) is 3. The normalized spacial score (nSPS) is 11.6. The maximum absolute atomic E-state index is 12.8. The summed E-state index contributed by atoms with van der Waals surface area (Å²) in [5, 5.41) is 13.4. The van der Waals surface area contributed by atoms with Crippen molar-refractivity contribution in [3.8, 4) is 23.0 Å². The van der Waals surface area contributed by atoms with E-state index in [1.165, 1.54) is 27.4 Å². The zero-order chi connectivity index (χ0) is 24.0. The Balaban J connectivity index is 2.00. The number of rotatable bonds is 10. The number of aromatic hydroxyl groups is 1. The second-order valence-corrected chi connectivity index (χ2v) is 7.27. The van der Waals surface area contributed by atoms with E-state index in [1.807, 2.05) is 4.57 Å². The van der Waals surface area contributed by atoms with Gasteiger partial charge in [-0.25, -0.2) is 9.78 Å². The highest BCUT2D eigenvalue weighted by atomic mass is 16.5. The van der Waals surface area contributed by atoms with Crippen molar-refractivity contribution >= 4 is 5.91 Å². The van der Waals surface area contributed by atoms with Gasteiger partial charge in [0, 0.05) is 49.5 Å². The highest BCUT2D eigenvalue weighted by molar-refractivity contribution is 5.78. The third-order valence-electron chi connectivity index (χ3n) is 5.19. The van der Waals surface area contributed by atoms with Crippen LogP contribution in [0.15, 0.2) is 46.1 Å². The SMILES string of the molecule is COc1ccc(C(CC(=O)NCCn2ccnc2)c2c(O)cc(C)oc2=O)c(OC)c1OC. The molecule has 1 unspecified atom stereocenters. The number of nitrogens with zero attached hydrogens (tertiary/aromatic N) is 2. The van der Waals surface area contributed by atoms with Gasteiger partial charge in [-0.1, -0.05) is 6.07 Å². The van der Waals surface area contributed by atoms with Gasteiger partial charge in [0.05, 0.1) is 33.2 Å². The van der Waals surface area contributed by atoms with Crippen LogP contribution in [-0.4, -0.2) is 48.4 Å². The molecule has 3 rings (SSSR count). The summed E-state index contributed by atoms with van der Waals surface area (Å²) in [5.41, 5.74) is -0.317. The Kier molecular flexibility index (Phi) is 7.60. The molecule has 0 aliphatic rings. The number of amides is 1. The summed E-state index contributed by atoms with van der Waals surface area (Å²) in [4.78, 5) is 29.6. The minimum Gasteiger partial charge on any atom is -0.507 e. The molecule has 10 heteroatoms. The molecule has 1 amide bonds. The summed E-state index contributed by atoms with van der Waals surface area (Å²) in [7, 11) is 4.39. The Morgan fingerprint density at radius 2 is 1.97 bits per heavy atom. The molecule has 0 radical (unpaired) electrons. The fourth-order valence-electron chi connectivity index (χ4n) is 3.69. The number of hydrogen-bond acceptors (Lipinski definition) is 8. The number of methoxy groups -OCH3 is 3. The molecule has 2 aromatic heterocycles. The van der Waals surface area contributed by atoms with Crippen LogP contribution in [0.1, 0.15) is 29.2 Å². The topological polar surface area (TPSA) is 125 Å². The lowest BCUT2D eigenvalue weighted by molar-refractivity contribution is -0.121. The second kappa shape index (κ2) is 10.6. The van der Waals surface area contributed by atoms with E-state index in [9.17, 15) is 14.7 Å². The highest BCUT2D eigenvalue weighted by Gasteiger charge is 2.30. The summed E-state index contributed by atoms with van der Waals surface area (Å²) in [5.74, 6) is -0.199. The van der Waals surface area contributed by atoms with Gasteiger partial charge in [-0.2, -0.15) is 0 Å². The molecule has 0 bridgehead atoms. The van der Waals surface area contributed by atoms with Crippen LogP contribution in [0.5, 0.6) is 23.0 Å². The first kappa shape index (κ1) is 23.7. The maximum Gasteiger partial charge on any atom is 0.343 e. The Hall–Kier alpha value is -3.95. The van der Waals surface area contributed by atoms with Gasteiger partial charge < -0.3 is 33.6 Å². The van der Waals surface area contributed by atoms with Gasteiger partial charge in [-0.15, -0.1) is 0 Å². The Morgan fingerprint density at radius 1 is 1.21 bits per heavy atom. The monoisotopic (exact) mass is 457 g/mol. The zero-order valence-electron chi connectivity index (χ0n) is 19.0. The number of imidazole rings is 1. The van der Waals surface area contributed by atoms with E-state index in [-0.39, 0.29) is 35.2 Å². The molecule has 3 aromatic rings. The summed E-state index contributed by atoms with van der Waals surface area (Å²) in [6, 6.07) is 4.66. The summed E-state index contributed by atoms with van der Waals surface area (Å²) >= 11 is 0. The van der Waals surface area contributed by atoms with E-state index >= 15 is 0 Å². The Labute approximate surface area is 190 Å². The Morgan fingerprint density at radius 3 is 2.58 bits per heavy atom. The molecule has 0 saturated carbocycles. The number of benzene rings is 1. The molecule has 1 aromatic carbocycles. The molecule has 0 fully saturated rings. The van der Waals surface area contributed by atoms with Crippen molar-refractivity contribution in [1.82, 2.24) is 14.9 Å². The number of carbonyl (C=O) groups excluding carboxylic acids is 1. The average molecular weight is 457 g/mol. The third kappa shape index (κ3) is 5.28. The van der Waals surface area contributed by atoms with Crippen molar-refractivity contribution < 1.29 is 28.5 Å². The standard InChI is InChI=1S/C23H27N3O7/c1-14-11-17(27)20(23(29)33-14)16(12-19(28)25-8-10-26-9-7-24-13-26)15-5-6-18(30-2)22(32-4)21(15)31-3/h5-7,9,11,13,16,27H,8,10,12H2,1-4H3,(H,25,28). The van der Waals surface area contributed by atoms with Crippen LogP contribution >= 0.6 is 0 Å². The van der Waals surface area contributed by atoms with Crippen molar-refractivity contribution in [2.75, 3.05) is 27.9 Å². The van der Waals surface area contributed by atoms with Crippen molar-refractivity contribution in [3.63, 3.8) is 0 Å². The first-order valence-corrected chi connectivity index (χ1v) is 10.2. The minimum atomic E-state index is -0.871. The summed E-state index contributed by atoms with van der Waals surface area (Å²) in [6.07, 6.45) is 4.95. The largest absolute Gasteiger partial charge is 0.507 e. The average Bonchev–Trinajstić information content (AvgIpc) is 3.30. The van der Waals surface area contributed by atoms with Crippen molar-refractivity contribution in [2.45, 2.75) is 25.8 Å². The fourth-order valence-corrected chi connectivity index (χ4v) is 3.69. The molecule has 0 saturated heterocycles. The predicted molar refractivity (Wildman–Crippen MR) is 119 cm³/mol. The molecule has 2 heterocycles. The van der Waals surface area contributed by atoms with Crippen LogP contribution in [0.25, 0.3) is 0 Å². The highest BCUT2D eigenvalue weighted by Crippen LogP contribution is 2.45. The van der Waals surface area contributed by atoms with Crippen LogP contribution in [0.4, 0.5) is 0 Å². The lowest BCUT2D eigenvalue weighted by Crippen LogP contribution is -2.29. The molecule has 1 atom stereocenters. The Bertz CT molecular complexity index is 1160. The van der Waals surface area contributed by atoms with Crippen molar-refractivity contribution in [1.29, 1.82) is 0 Å². The number of aromatic nitrogens is 2. The van der Waals surface area contributed by atoms with Crippen LogP contribution in [-0.2, 0) is 11.3 Å². The predicted octanol–water partition coefficient (Wildman–Crippen LogP) is 2.21. The smallest absolute Gasteiger partial charge is 0.343 e. The van der Waals surface area contributed by atoms with Gasteiger partial charge in [-0.05, 0) is 13.0 Å². The zero-order valence-corrected chi connectivity index (χ0v) is 19.0. The lowest BCUT2D eigenvalue weighted by atomic mass is 9.87. The van der Waals surface area contributed by atoms with Crippen LogP contribution in [0, 0.1) is 6.92 Å².